The fourth-order valence-corrected chi connectivity index (χ4v) is 3.15. The lowest BCUT2D eigenvalue weighted by Crippen LogP contribution is -2.30. The summed E-state index contributed by atoms with van der Waals surface area (Å²) in [6, 6.07) is 4.86. The fraction of sp³-hybridized carbons (Fsp3) is 0.400. The molecule has 1 aromatic heterocycles. The minimum atomic E-state index is -0.668. The molecular formula is C20H25FN6O2. The minimum Gasteiger partial charge on any atom is -0.460 e. The summed E-state index contributed by atoms with van der Waals surface area (Å²) in [5.74, 6) is -0.815. The number of esters is 1. The van der Waals surface area contributed by atoms with Crippen LogP contribution in [0.25, 0.3) is 11.1 Å². The smallest absolute Gasteiger partial charge is 0.313 e. The Kier molecular flexibility index (Phi) is 6.71. The molecule has 2 heterocycles. The predicted molar refractivity (Wildman–Crippen MR) is 108 cm³/mol. The van der Waals surface area contributed by atoms with Gasteiger partial charge in [0.1, 0.15) is 24.7 Å². The van der Waals surface area contributed by atoms with Crippen molar-refractivity contribution in [3.63, 3.8) is 0 Å². The standard InChI is InChI=1S/C20H25FN6O2/c1-26-6-3-7-27(9-8-26)20-24-11-15(12-25-20)16-5-2-4-14(19(16)21)13-29-18(28)10-17(22)23/h2,4-5,11-12H,3,6-10,13H2,1H3,(H3,22,23). The molecule has 1 saturated heterocycles. The molecule has 8 nitrogen and oxygen atoms in total. The third kappa shape index (κ3) is 5.47. The van der Waals surface area contributed by atoms with Crippen LogP contribution in [0.5, 0.6) is 0 Å². The molecule has 0 amide bonds. The average molecular weight is 400 g/mol. The van der Waals surface area contributed by atoms with Gasteiger partial charge in [-0.3, -0.25) is 10.2 Å². The van der Waals surface area contributed by atoms with Crippen LogP contribution >= 0.6 is 0 Å². The van der Waals surface area contributed by atoms with E-state index in [0.717, 1.165) is 32.6 Å². The fourth-order valence-electron chi connectivity index (χ4n) is 3.15. The highest BCUT2D eigenvalue weighted by atomic mass is 19.1. The van der Waals surface area contributed by atoms with Crippen molar-refractivity contribution in [2.24, 2.45) is 5.73 Å². The van der Waals surface area contributed by atoms with E-state index in [0.29, 0.717) is 17.1 Å². The van der Waals surface area contributed by atoms with Gasteiger partial charge in [-0.2, -0.15) is 0 Å². The first kappa shape index (κ1) is 20.7. The second-order valence-corrected chi connectivity index (χ2v) is 7.06. The first-order chi connectivity index (χ1) is 13.9. The van der Waals surface area contributed by atoms with E-state index in [1.165, 1.54) is 0 Å². The van der Waals surface area contributed by atoms with E-state index in [4.69, 9.17) is 15.9 Å². The number of nitrogens with two attached hydrogens (primary N) is 1. The number of nitrogens with zero attached hydrogens (tertiary/aromatic N) is 4. The third-order valence-electron chi connectivity index (χ3n) is 4.75. The van der Waals surface area contributed by atoms with Crippen LogP contribution in [0.15, 0.2) is 30.6 Å². The molecule has 9 heteroatoms. The molecule has 3 N–H and O–H groups in total. The Morgan fingerprint density at radius 1 is 1.24 bits per heavy atom. The van der Waals surface area contributed by atoms with Crippen LogP contribution in [-0.2, 0) is 16.1 Å². The van der Waals surface area contributed by atoms with Crippen LogP contribution in [0.1, 0.15) is 18.4 Å². The Balaban J connectivity index is 1.72. The van der Waals surface area contributed by atoms with Crippen LogP contribution in [-0.4, -0.2) is 59.9 Å². The molecule has 29 heavy (non-hydrogen) atoms. The molecular weight excluding hydrogens is 375 g/mol. The maximum Gasteiger partial charge on any atom is 0.313 e. The lowest BCUT2D eigenvalue weighted by Gasteiger charge is -2.20. The number of halogens is 1. The van der Waals surface area contributed by atoms with Crippen LogP contribution < -0.4 is 10.6 Å². The van der Waals surface area contributed by atoms with E-state index in [2.05, 4.69) is 26.8 Å². The lowest BCUT2D eigenvalue weighted by atomic mass is 10.1. The van der Waals surface area contributed by atoms with Gasteiger partial charge in [-0.1, -0.05) is 18.2 Å². The summed E-state index contributed by atoms with van der Waals surface area (Å²) in [5, 5.41) is 7.09. The second-order valence-electron chi connectivity index (χ2n) is 7.06. The Bertz CT molecular complexity index is 874. The van der Waals surface area contributed by atoms with Crippen LogP contribution in [0.4, 0.5) is 10.3 Å². The molecule has 154 valence electrons. The number of aromatic nitrogens is 2. The Morgan fingerprint density at radius 2 is 2.00 bits per heavy atom. The number of rotatable bonds is 6. The normalized spacial score (nSPS) is 15.0. The van der Waals surface area contributed by atoms with Crippen molar-refractivity contribution in [1.82, 2.24) is 14.9 Å². The van der Waals surface area contributed by atoms with Gasteiger partial charge in [0, 0.05) is 48.7 Å². The highest BCUT2D eigenvalue weighted by Gasteiger charge is 2.16. The van der Waals surface area contributed by atoms with Crippen molar-refractivity contribution in [3.05, 3.63) is 42.0 Å². The molecule has 0 radical (unpaired) electrons. The van der Waals surface area contributed by atoms with E-state index >= 15 is 0 Å². The van der Waals surface area contributed by atoms with Gasteiger partial charge < -0.3 is 20.3 Å². The predicted octanol–water partition coefficient (Wildman–Crippen LogP) is 1.79. The molecule has 0 unspecified atom stereocenters. The topological polar surface area (TPSA) is 108 Å². The van der Waals surface area contributed by atoms with Gasteiger partial charge in [0.05, 0.1) is 0 Å². The summed E-state index contributed by atoms with van der Waals surface area (Å²) in [6.07, 6.45) is 3.95. The number of nitrogens with one attached hydrogen (secondary N) is 1. The van der Waals surface area contributed by atoms with Crippen LogP contribution in [0.3, 0.4) is 0 Å². The molecule has 1 aliphatic heterocycles. The number of benzene rings is 1. The van der Waals surface area contributed by atoms with E-state index < -0.39 is 11.8 Å². The number of carbonyl (C=O) groups excluding carboxylic acids is 1. The summed E-state index contributed by atoms with van der Waals surface area (Å²) >= 11 is 0. The molecule has 0 spiro atoms. The summed E-state index contributed by atoms with van der Waals surface area (Å²) < 4.78 is 19.9. The number of likely N-dealkylation sites (N-methyl/N-ethyl adjacent to an activating group) is 1. The maximum absolute atomic E-state index is 14.9. The van der Waals surface area contributed by atoms with Crippen molar-refractivity contribution < 1.29 is 13.9 Å². The van der Waals surface area contributed by atoms with Gasteiger partial charge in [0.15, 0.2) is 0 Å². The average Bonchev–Trinajstić information content (AvgIpc) is 2.91. The summed E-state index contributed by atoms with van der Waals surface area (Å²) in [4.78, 5) is 24.8. The first-order valence-electron chi connectivity index (χ1n) is 9.46. The molecule has 0 atom stereocenters. The molecule has 1 fully saturated rings. The SMILES string of the molecule is CN1CCCN(c2ncc(-c3cccc(COC(=O)CC(=N)N)c3F)cn2)CC1. The van der Waals surface area contributed by atoms with E-state index in [9.17, 15) is 9.18 Å². The first-order valence-corrected chi connectivity index (χ1v) is 9.46. The highest BCUT2D eigenvalue weighted by Crippen LogP contribution is 2.25. The Morgan fingerprint density at radius 3 is 2.72 bits per heavy atom. The second kappa shape index (κ2) is 9.42. The molecule has 0 saturated carbocycles. The zero-order chi connectivity index (χ0) is 20.8. The van der Waals surface area contributed by atoms with Gasteiger partial charge in [-0.25, -0.2) is 14.4 Å². The molecule has 3 rings (SSSR count). The van der Waals surface area contributed by atoms with Gasteiger partial charge >= 0.3 is 5.97 Å². The maximum atomic E-state index is 14.9. The zero-order valence-electron chi connectivity index (χ0n) is 16.4. The number of anilines is 1. The number of hydrogen-bond acceptors (Lipinski definition) is 7. The van der Waals surface area contributed by atoms with Gasteiger partial charge in [0.2, 0.25) is 5.95 Å². The van der Waals surface area contributed by atoms with Crippen molar-refractivity contribution in [1.29, 1.82) is 5.41 Å². The van der Waals surface area contributed by atoms with Gasteiger partial charge in [-0.05, 0) is 20.0 Å². The zero-order valence-corrected chi connectivity index (χ0v) is 16.4. The summed E-state index contributed by atoms with van der Waals surface area (Å²) in [6.45, 7) is 3.50. The number of carbonyl (C=O) groups is 1. The Hall–Kier alpha value is -3.07. The lowest BCUT2D eigenvalue weighted by molar-refractivity contribution is -0.143. The highest BCUT2D eigenvalue weighted by molar-refractivity contribution is 5.94. The van der Waals surface area contributed by atoms with Crippen molar-refractivity contribution in [2.45, 2.75) is 19.4 Å². The Labute approximate surface area is 169 Å². The van der Waals surface area contributed by atoms with Crippen molar-refractivity contribution in [2.75, 3.05) is 38.1 Å². The van der Waals surface area contributed by atoms with E-state index in [1.54, 1.807) is 30.6 Å². The van der Waals surface area contributed by atoms with Gasteiger partial charge in [0.25, 0.3) is 0 Å². The summed E-state index contributed by atoms with van der Waals surface area (Å²) in [5.41, 5.74) is 6.29. The number of hydrogen-bond donors (Lipinski definition) is 2. The monoisotopic (exact) mass is 400 g/mol. The number of amidine groups is 1. The van der Waals surface area contributed by atoms with Crippen molar-refractivity contribution in [3.8, 4) is 11.1 Å². The van der Waals surface area contributed by atoms with Crippen LogP contribution in [0, 0.1) is 11.2 Å². The molecule has 1 aliphatic rings. The minimum absolute atomic E-state index is 0.230. The third-order valence-corrected chi connectivity index (χ3v) is 4.75. The number of ether oxygens (including phenoxy) is 1. The molecule has 0 aliphatic carbocycles. The largest absolute Gasteiger partial charge is 0.460 e. The van der Waals surface area contributed by atoms with Crippen LogP contribution in [0.2, 0.25) is 0 Å². The molecule has 2 aromatic rings. The van der Waals surface area contributed by atoms with E-state index in [-0.39, 0.29) is 24.4 Å². The van der Waals surface area contributed by atoms with E-state index in [1.807, 2.05) is 0 Å². The van der Waals surface area contributed by atoms with Crippen molar-refractivity contribution >= 4 is 17.8 Å². The molecule has 1 aromatic carbocycles. The quantitative estimate of drug-likeness (QED) is 0.432. The molecule has 0 bridgehead atoms. The summed E-state index contributed by atoms with van der Waals surface area (Å²) in [7, 11) is 2.10. The van der Waals surface area contributed by atoms with Gasteiger partial charge in [-0.15, -0.1) is 0 Å².